The predicted molar refractivity (Wildman–Crippen MR) is 109 cm³/mol. The Balaban J connectivity index is 1.95. The maximum atomic E-state index is 13.5. The van der Waals surface area contributed by atoms with Gasteiger partial charge in [-0.05, 0) is 11.6 Å². The van der Waals surface area contributed by atoms with Crippen molar-refractivity contribution in [1.82, 2.24) is 0 Å². The van der Waals surface area contributed by atoms with Crippen LogP contribution in [0.4, 0.5) is 0 Å². The van der Waals surface area contributed by atoms with Crippen LogP contribution in [0.25, 0.3) is 5.76 Å². The van der Waals surface area contributed by atoms with Crippen LogP contribution in [0.2, 0.25) is 5.02 Å². The molecule has 0 N–H and O–H groups in total. The van der Waals surface area contributed by atoms with Crippen molar-refractivity contribution < 1.29 is 14.3 Å². The summed E-state index contributed by atoms with van der Waals surface area (Å²) in [6.07, 6.45) is 0.0635. The number of allylic oxidation sites excluding steroid dienone is 1. The molecule has 0 spiro atoms. The molecule has 0 saturated carbocycles. The van der Waals surface area contributed by atoms with E-state index in [2.05, 4.69) is 0 Å². The largest absolute Gasteiger partial charge is 0.425 e. The Kier molecular flexibility index (Phi) is 5.09. The van der Waals surface area contributed by atoms with Gasteiger partial charge in [-0.25, -0.2) is 0 Å². The van der Waals surface area contributed by atoms with Gasteiger partial charge >= 0.3 is 5.97 Å². The number of ketones is 1. The first-order chi connectivity index (χ1) is 13.6. The molecule has 0 amide bonds. The van der Waals surface area contributed by atoms with E-state index >= 15 is 0 Å². The van der Waals surface area contributed by atoms with E-state index in [0.717, 1.165) is 5.56 Å². The second-order valence-corrected chi connectivity index (χ2v) is 6.96. The number of benzene rings is 3. The molecule has 0 unspecified atom stereocenters. The molecule has 3 aromatic rings. The second kappa shape index (κ2) is 7.83. The third kappa shape index (κ3) is 3.49. The number of Topliss-reactive ketones (excluding diaryl/α,β-unsaturated/α-hetero) is 1. The van der Waals surface area contributed by atoms with Crippen molar-refractivity contribution in [2.24, 2.45) is 0 Å². The van der Waals surface area contributed by atoms with Gasteiger partial charge in [-0.15, -0.1) is 0 Å². The van der Waals surface area contributed by atoms with Gasteiger partial charge in [0.1, 0.15) is 5.76 Å². The lowest BCUT2D eigenvalue weighted by Crippen LogP contribution is -2.25. The van der Waals surface area contributed by atoms with Gasteiger partial charge in [-0.2, -0.15) is 0 Å². The first kappa shape index (κ1) is 18.2. The maximum absolute atomic E-state index is 13.5. The van der Waals surface area contributed by atoms with E-state index in [4.69, 9.17) is 16.3 Å². The van der Waals surface area contributed by atoms with Crippen molar-refractivity contribution in [1.29, 1.82) is 0 Å². The number of carbonyl (C=O) groups is 2. The standard InChI is InChI=1S/C24H17ClO3/c25-20-14-8-7-13-18(20)19-15-21(26)28-24(17-11-5-2-6-12-17)22(19)23(27)16-9-3-1-4-10-16/h1-14,19H,15H2/t19-/m1/s1. The average molecular weight is 389 g/mol. The summed E-state index contributed by atoms with van der Waals surface area (Å²) in [4.78, 5) is 25.9. The van der Waals surface area contributed by atoms with Crippen LogP contribution in [-0.2, 0) is 9.53 Å². The van der Waals surface area contributed by atoms with Crippen LogP contribution in [0.3, 0.4) is 0 Å². The Morgan fingerprint density at radius 1 is 0.857 bits per heavy atom. The Hall–Kier alpha value is -3.17. The van der Waals surface area contributed by atoms with Crippen LogP contribution in [0.1, 0.15) is 33.8 Å². The molecule has 138 valence electrons. The van der Waals surface area contributed by atoms with Gasteiger partial charge in [-0.1, -0.05) is 90.5 Å². The van der Waals surface area contributed by atoms with Gasteiger partial charge in [0.25, 0.3) is 0 Å². The van der Waals surface area contributed by atoms with Crippen molar-refractivity contribution in [2.75, 3.05) is 0 Å². The number of halogens is 1. The summed E-state index contributed by atoms with van der Waals surface area (Å²) in [5, 5.41) is 0.521. The summed E-state index contributed by atoms with van der Waals surface area (Å²) in [5.41, 5.74) is 2.42. The molecule has 1 atom stereocenters. The average Bonchev–Trinajstić information content (AvgIpc) is 2.74. The number of carbonyl (C=O) groups excluding carboxylic acids is 2. The van der Waals surface area contributed by atoms with Gasteiger partial charge in [0.2, 0.25) is 0 Å². The van der Waals surface area contributed by atoms with Crippen LogP contribution in [0, 0.1) is 0 Å². The zero-order chi connectivity index (χ0) is 19.5. The van der Waals surface area contributed by atoms with E-state index in [1.165, 1.54) is 0 Å². The molecule has 0 fully saturated rings. The summed E-state index contributed by atoms with van der Waals surface area (Å²) >= 11 is 6.43. The molecule has 0 aromatic heterocycles. The Morgan fingerprint density at radius 2 is 1.46 bits per heavy atom. The molecule has 0 saturated heterocycles. The fourth-order valence-electron chi connectivity index (χ4n) is 3.47. The quantitative estimate of drug-likeness (QED) is 0.427. The summed E-state index contributed by atoms with van der Waals surface area (Å²) in [5.74, 6) is -0.723. The smallest absolute Gasteiger partial charge is 0.312 e. The highest BCUT2D eigenvalue weighted by Gasteiger charge is 2.36. The molecular weight excluding hydrogens is 372 g/mol. The van der Waals surface area contributed by atoms with Gasteiger partial charge in [0, 0.05) is 22.1 Å². The normalized spacial score (nSPS) is 16.6. The number of hydrogen-bond acceptors (Lipinski definition) is 3. The third-order valence-corrected chi connectivity index (χ3v) is 5.12. The Bertz CT molecular complexity index is 1060. The molecule has 4 heteroatoms. The molecule has 28 heavy (non-hydrogen) atoms. The van der Waals surface area contributed by atoms with Crippen LogP contribution in [-0.4, -0.2) is 11.8 Å². The lowest BCUT2D eigenvalue weighted by atomic mass is 9.81. The van der Waals surface area contributed by atoms with Crippen LogP contribution < -0.4 is 0 Å². The number of esters is 1. The van der Waals surface area contributed by atoms with Gasteiger partial charge in [0.15, 0.2) is 5.78 Å². The highest BCUT2D eigenvalue weighted by Crippen LogP contribution is 2.42. The molecule has 1 heterocycles. The van der Waals surface area contributed by atoms with Gasteiger partial charge in [0.05, 0.1) is 12.0 Å². The molecule has 1 aliphatic rings. The number of rotatable bonds is 4. The van der Waals surface area contributed by atoms with E-state index in [1.807, 2.05) is 66.7 Å². The highest BCUT2D eigenvalue weighted by molar-refractivity contribution is 6.31. The first-order valence-electron chi connectivity index (χ1n) is 8.99. The van der Waals surface area contributed by atoms with E-state index in [9.17, 15) is 9.59 Å². The zero-order valence-electron chi connectivity index (χ0n) is 15.0. The lowest BCUT2D eigenvalue weighted by molar-refractivity contribution is -0.137. The summed E-state index contributed by atoms with van der Waals surface area (Å²) in [6.45, 7) is 0. The second-order valence-electron chi connectivity index (χ2n) is 6.56. The van der Waals surface area contributed by atoms with E-state index < -0.39 is 5.92 Å². The minimum absolute atomic E-state index is 0.0635. The molecule has 0 aliphatic carbocycles. The van der Waals surface area contributed by atoms with Gasteiger partial charge < -0.3 is 4.74 Å². The van der Waals surface area contributed by atoms with Crippen molar-refractivity contribution in [3.05, 3.63) is 112 Å². The minimum Gasteiger partial charge on any atom is -0.425 e. The van der Waals surface area contributed by atoms with Crippen molar-refractivity contribution >= 4 is 29.1 Å². The maximum Gasteiger partial charge on any atom is 0.312 e. The molecule has 0 bridgehead atoms. The molecule has 3 nitrogen and oxygen atoms in total. The number of hydrogen-bond donors (Lipinski definition) is 0. The van der Waals surface area contributed by atoms with Crippen molar-refractivity contribution in [3.8, 4) is 0 Å². The first-order valence-corrected chi connectivity index (χ1v) is 9.37. The van der Waals surface area contributed by atoms with Crippen LogP contribution in [0.15, 0.2) is 90.5 Å². The lowest BCUT2D eigenvalue weighted by Gasteiger charge is -2.28. The molecular formula is C24H17ClO3. The molecule has 0 radical (unpaired) electrons. The van der Waals surface area contributed by atoms with E-state index in [0.29, 0.717) is 27.5 Å². The van der Waals surface area contributed by atoms with Crippen molar-refractivity contribution in [3.63, 3.8) is 0 Å². The predicted octanol–water partition coefficient (Wildman–Crippen LogP) is 5.66. The van der Waals surface area contributed by atoms with Crippen molar-refractivity contribution in [2.45, 2.75) is 12.3 Å². The van der Waals surface area contributed by atoms with E-state index in [-0.39, 0.29) is 18.2 Å². The summed E-state index contributed by atoms with van der Waals surface area (Å²) < 4.78 is 5.60. The summed E-state index contributed by atoms with van der Waals surface area (Å²) in [7, 11) is 0. The van der Waals surface area contributed by atoms with Gasteiger partial charge in [-0.3, -0.25) is 9.59 Å². The van der Waals surface area contributed by atoms with Crippen LogP contribution >= 0.6 is 11.6 Å². The minimum atomic E-state index is -0.474. The molecule has 3 aromatic carbocycles. The fourth-order valence-corrected chi connectivity index (χ4v) is 3.74. The summed E-state index contributed by atoms with van der Waals surface area (Å²) in [6, 6.07) is 25.5. The Morgan fingerprint density at radius 3 is 2.14 bits per heavy atom. The SMILES string of the molecule is O=C1C[C@H](c2ccccc2Cl)C(C(=O)c2ccccc2)=C(c2ccccc2)O1. The zero-order valence-corrected chi connectivity index (χ0v) is 15.7. The number of ether oxygens (including phenoxy) is 1. The molecule has 1 aliphatic heterocycles. The Labute approximate surface area is 168 Å². The third-order valence-electron chi connectivity index (χ3n) is 4.78. The number of cyclic esters (lactones) is 1. The topological polar surface area (TPSA) is 43.4 Å². The molecule has 4 rings (SSSR count). The monoisotopic (exact) mass is 388 g/mol. The fraction of sp³-hybridized carbons (Fsp3) is 0.0833. The van der Waals surface area contributed by atoms with Crippen LogP contribution in [0.5, 0.6) is 0 Å². The van der Waals surface area contributed by atoms with E-state index in [1.54, 1.807) is 18.2 Å². The highest BCUT2D eigenvalue weighted by atomic mass is 35.5.